The van der Waals surface area contributed by atoms with Crippen LogP contribution in [0.4, 0.5) is 0 Å². The van der Waals surface area contributed by atoms with Crippen molar-refractivity contribution >= 4 is 0 Å². The highest BCUT2D eigenvalue weighted by molar-refractivity contribution is 5.83. The van der Waals surface area contributed by atoms with Crippen LogP contribution in [0, 0.1) is 0 Å². The van der Waals surface area contributed by atoms with Gasteiger partial charge in [0.1, 0.15) is 0 Å². The zero-order valence-corrected chi connectivity index (χ0v) is 17.6. The molecule has 0 fully saturated rings. The van der Waals surface area contributed by atoms with E-state index in [2.05, 4.69) is 36.2 Å². The minimum absolute atomic E-state index is 0.0155. The van der Waals surface area contributed by atoms with Gasteiger partial charge in [-0.15, -0.1) is 0 Å². The lowest BCUT2D eigenvalue weighted by Gasteiger charge is -2.44. The third kappa shape index (κ3) is 2.83. The van der Waals surface area contributed by atoms with Gasteiger partial charge in [0.2, 0.25) is 0 Å². The first-order valence-electron chi connectivity index (χ1n) is 10.4. The molecule has 154 valence electrons. The Labute approximate surface area is 177 Å². The summed E-state index contributed by atoms with van der Waals surface area (Å²) >= 11 is 0. The minimum Gasteiger partial charge on any atom is -0.493 e. The molecule has 2 aliphatic rings. The van der Waals surface area contributed by atoms with Gasteiger partial charge in [-0.25, -0.2) is 0 Å². The van der Waals surface area contributed by atoms with Gasteiger partial charge in [-0.1, -0.05) is 54.6 Å². The molecule has 0 spiro atoms. The zero-order valence-electron chi connectivity index (χ0n) is 17.6. The maximum absolute atomic E-state index is 11.3. The Morgan fingerprint density at radius 1 is 0.967 bits per heavy atom. The van der Waals surface area contributed by atoms with E-state index in [1.165, 1.54) is 22.3 Å². The molecule has 0 bridgehead atoms. The lowest BCUT2D eigenvalue weighted by molar-refractivity contribution is 0.0978. The molecule has 3 aromatic rings. The lowest BCUT2D eigenvalue weighted by atomic mass is 9.72. The van der Waals surface area contributed by atoms with Crippen LogP contribution in [-0.4, -0.2) is 37.8 Å². The van der Waals surface area contributed by atoms with E-state index in [9.17, 15) is 5.11 Å². The molecule has 1 N–H and O–H groups in total. The normalized spacial score (nSPS) is 20.8. The number of hydrogen-bond donors (Lipinski definition) is 1. The van der Waals surface area contributed by atoms with Crippen molar-refractivity contribution in [2.45, 2.75) is 24.5 Å². The average molecular weight is 402 g/mol. The second-order valence-corrected chi connectivity index (χ2v) is 8.27. The summed E-state index contributed by atoms with van der Waals surface area (Å²) in [4.78, 5) is 2.39. The number of likely N-dealkylation sites (N-methyl/N-ethyl adjacent to an activating group) is 1. The van der Waals surface area contributed by atoms with Crippen LogP contribution in [0.2, 0.25) is 0 Å². The van der Waals surface area contributed by atoms with E-state index < -0.39 is 6.10 Å². The molecule has 4 heteroatoms. The number of nitrogens with zero attached hydrogens (tertiary/aromatic N) is 1. The van der Waals surface area contributed by atoms with Crippen molar-refractivity contribution in [3.63, 3.8) is 0 Å². The Morgan fingerprint density at radius 2 is 1.77 bits per heavy atom. The Morgan fingerprint density at radius 3 is 2.50 bits per heavy atom. The molecule has 30 heavy (non-hydrogen) atoms. The van der Waals surface area contributed by atoms with Crippen molar-refractivity contribution in [3.8, 4) is 22.6 Å². The molecule has 0 aromatic heterocycles. The van der Waals surface area contributed by atoms with Crippen molar-refractivity contribution in [1.82, 2.24) is 4.90 Å². The Hall–Kier alpha value is -2.82. The quantitative estimate of drug-likeness (QED) is 0.686. The second-order valence-electron chi connectivity index (χ2n) is 8.27. The molecule has 5 rings (SSSR count). The number of benzene rings is 3. The van der Waals surface area contributed by atoms with Crippen molar-refractivity contribution in [2.75, 3.05) is 27.8 Å². The largest absolute Gasteiger partial charge is 0.493 e. The maximum atomic E-state index is 11.3. The van der Waals surface area contributed by atoms with Gasteiger partial charge in [0.25, 0.3) is 0 Å². The first-order valence-corrected chi connectivity index (χ1v) is 10.4. The smallest absolute Gasteiger partial charge is 0.168 e. The molecule has 1 heterocycles. The van der Waals surface area contributed by atoms with Gasteiger partial charge in [-0.2, -0.15) is 0 Å². The summed E-state index contributed by atoms with van der Waals surface area (Å²) in [6.45, 7) is 0.819. The van der Waals surface area contributed by atoms with Crippen LogP contribution in [0.3, 0.4) is 0 Å². The highest BCUT2D eigenvalue weighted by atomic mass is 16.5. The molecule has 3 atom stereocenters. The van der Waals surface area contributed by atoms with Crippen LogP contribution in [-0.2, 0) is 6.42 Å². The molecule has 4 nitrogen and oxygen atoms in total. The maximum Gasteiger partial charge on any atom is 0.168 e. The molecular formula is C26H27NO3. The number of methoxy groups -OCH3 is 2. The highest BCUT2D eigenvalue weighted by Crippen LogP contribution is 2.53. The van der Waals surface area contributed by atoms with Crippen LogP contribution in [0.5, 0.6) is 11.5 Å². The molecule has 1 aliphatic heterocycles. The van der Waals surface area contributed by atoms with Gasteiger partial charge in [-0.05, 0) is 47.4 Å². The highest BCUT2D eigenvalue weighted by Gasteiger charge is 2.40. The summed E-state index contributed by atoms with van der Waals surface area (Å²) in [7, 11) is 5.55. The number of aliphatic hydroxyl groups excluding tert-OH is 1. The first kappa shape index (κ1) is 19.2. The van der Waals surface area contributed by atoms with E-state index >= 15 is 0 Å². The van der Waals surface area contributed by atoms with E-state index in [-0.39, 0.29) is 5.92 Å². The van der Waals surface area contributed by atoms with Crippen molar-refractivity contribution in [3.05, 3.63) is 82.9 Å². The van der Waals surface area contributed by atoms with E-state index in [4.69, 9.17) is 9.47 Å². The molecule has 1 aliphatic carbocycles. The fraction of sp³-hybridized carbons (Fsp3) is 0.308. The Kier molecular flexibility index (Phi) is 4.76. The SMILES string of the molecule is COc1ccc2c(c1OC)-c1cccc3c1[C@@H](C2)N(C)CC3C(O)c1ccccc1. The number of hydrogen-bond acceptors (Lipinski definition) is 4. The lowest BCUT2D eigenvalue weighted by Crippen LogP contribution is -2.39. The number of rotatable bonds is 4. The van der Waals surface area contributed by atoms with Crippen molar-refractivity contribution in [1.29, 1.82) is 0 Å². The minimum atomic E-state index is -0.547. The fourth-order valence-corrected chi connectivity index (χ4v) is 5.30. The van der Waals surface area contributed by atoms with Crippen LogP contribution < -0.4 is 9.47 Å². The van der Waals surface area contributed by atoms with Crippen LogP contribution in [0.25, 0.3) is 11.1 Å². The van der Waals surface area contributed by atoms with Gasteiger partial charge >= 0.3 is 0 Å². The second kappa shape index (κ2) is 7.46. The molecule has 2 unspecified atom stereocenters. The summed E-state index contributed by atoms with van der Waals surface area (Å²) in [6, 6.07) is 20.9. The summed E-state index contributed by atoms with van der Waals surface area (Å²) in [6.07, 6.45) is 0.374. The summed E-state index contributed by atoms with van der Waals surface area (Å²) in [5, 5.41) is 11.3. The van der Waals surface area contributed by atoms with Gasteiger partial charge in [0.15, 0.2) is 11.5 Å². The standard InChI is InChI=1S/C26H27NO3/c1-27-15-20(25(28)16-8-5-4-6-9-16)18-10-7-11-19-23-17(14-21(27)24(18)19)12-13-22(29-2)26(23)30-3/h4-13,20-21,25,28H,14-15H2,1-3H3/t20?,21-,25?/m1/s1. The first-order chi connectivity index (χ1) is 14.6. The molecular weight excluding hydrogens is 374 g/mol. The van der Waals surface area contributed by atoms with Gasteiger partial charge < -0.3 is 14.6 Å². The van der Waals surface area contributed by atoms with Crippen molar-refractivity contribution < 1.29 is 14.6 Å². The number of fused-ring (bicyclic) bond motifs is 2. The Bertz CT molecular complexity index is 1080. The van der Waals surface area contributed by atoms with Gasteiger partial charge in [-0.3, -0.25) is 4.90 Å². The molecule has 0 radical (unpaired) electrons. The predicted octanol–water partition coefficient (Wildman–Crippen LogP) is 4.73. The molecule has 0 saturated carbocycles. The topological polar surface area (TPSA) is 41.9 Å². The predicted molar refractivity (Wildman–Crippen MR) is 118 cm³/mol. The number of aliphatic hydroxyl groups is 1. The fourth-order valence-electron chi connectivity index (χ4n) is 5.30. The van der Waals surface area contributed by atoms with Crippen LogP contribution in [0.1, 0.15) is 40.3 Å². The molecule has 0 saturated heterocycles. The van der Waals surface area contributed by atoms with Crippen LogP contribution >= 0.6 is 0 Å². The third-order valence-electron chi connectivity index (χ3n) is 6.73. The van der Waals surface area contributed by atoms with E-state index in [0.29, 0.717) is 6.04 Å². The van der Waals surface area contributed by atoms with Crippen molar-refractivity contribution in [2.24, 2.45) is 0 Å². The van der Waals surface area contributed by atoms with E-state index in [1.54, 1.807) is 14.2 Å². The Balaban J connectivity index is 1.70. The number of ether oxygens (including phenoxy) is 2. The average Bonchev–Trinajstić information content (AvgIpc) is 2.80. The summed E-state index contributed by atoms with van der Waals surface area (Å²) < 4.78 is 11.4. The summed E-state index contributed by atoms with van der Waals surface area (Å²) in [5.74, 6) is 1.55. The zero-order chi connectivity index (χ0) is 20.8. The third-order valence-corrected chi connectivity index (χ3v) is 6.73. The molecule has 0 amide bonds. The summed E-state index contributed by atoms with van der Waals surface area (Å²) in [5.41, 5.74) is 7.09. The monoisotopic (exact) mass is 401 g/mol. The van der Waals surface area contributed by atoms with Gasteiger partial charge in [0.05, 0.1) is 20.3 Å². The van der Waals surface area contributed by atoms with Crippen LogP contribution in [0.15, 0.2) is 60.7 Å². The van der Waals surface area contributed by atoms with E-state index in [1.807, 2.05) is 36.4 Å². The molecule has 3 aromatic carbocycles. The van der Waals surface area contributed by atoms with E-state index in [0.717, 1.165) is 35.6 Å². The van der Waals surface area contributed by atoms with Gasteiger partial charge in [0, 0.05) is 24.1 Å².